The van der Waals surface area contributed by atoms with Crippen molar-refractivity contribution in [2.24, 2.45) is 0 Å². The van der Waals surface area contributed by atoms with Gasteiger partial charge in [0, 0.05) is 11.1 Å². The van der Waals surface area contributed by atoms with Gasteiger partial charge in [-0.15, -0.1) is 0 Å². The number of hydrogen-bond donors (Lipinski definition) is 1. The largest absolute Gasteiger partial charge is 0.481 e. The van der Waals surface area contributed by atoms with E-state index in [0.717, 1.165) is 53.6 Å². The molecule has 1 atom stereocenters. The molecule has 3 nitrogen and oxygen atoms in total. The van der Waals surface area contributed by atoms with E-state index >= 15 is 0 Å². The maximum atomic E-state index is 12.3. The summed E-state index contributed by atoms with van der Waals surface area (Å²) in [7, 11) is 0. The van der Waals surface area contributed by atoms with Crippen molar-refractivity contribution in [2.45, 2.75) is 58.8 Å². The van der Waals surface area contributed by atoms with Gasteiger partial charge in [0.15, 0.2) is 0 Å². The normalized spacial score (nSPS) is 14.2. The molecule has 28 heavy (non-hydrogen) atoms. The lowest BCUT2D eigenvalue weighted by molar-refractivity contribution is -0.139. The van der Waals surface area contributed by atoms with E-state index in [9.17, 15) is 9.90 Å². The molecule has 0 aliphatic heterocycles. The third kappa shape index (κ3) is 2.99. The Morgan fingerprint density at radius 1 is 1.14 bits per heavy atom. The van der Waals surface area contributed by atoms with Crippen LogP contribution in [0.25, 0.3) is 22.0 Å². The Morgan fingerprint density at radius 2 is 1.93 bits per heavy atom. The van der Waals surface area contributed by atoms with Crippen LogP contribution in [0.4, 0.5) is 0 Å². The number of pyridine rings is 1. The van der Waals surface area contributed by atoms with E-state index in [2.05, 4.69) is 31.2 Å². The number of fused-ring (bicyclic) bond motifs is 3. The molecule has 1 aromatic heterocycles. The minimum atomic E-state index is -0.756. The Morgan fingerprint density at radius 3 is 2.64 bits per heavy atom. The van der Waals surface area contributed by atoms with Crippen molar-refractivity contribution in [1.82, 2.24) is 4.98 Å². The van der Waals surface area contributed by atoms with E-state index in [1.807, 2.05) is 26.0 Å². The fourth-order valence-corrected chi connectivity index (χ4v) is 4.82. The second-order valence-corrected chi connectivity index (χ2v) is 7.93. The van der Waals surface area contributed by atoms with Crippen molar-refractivity contribution in [1.29, 1.82) is 0 Å². The predicted octanol–water partition coefficient (Wildman–Crippen LogP) is 5.98. The van der Waals surface area contributed by atoms with E-state index < -0.39 is 11.9 Å². The number of aliphatic carboxylic acids is 1. The Balaban J connectivity index is 2.17. The van der Waals surface area contributed by atoms with Gasteiger partial charge in [0.1, 0.15) is 0 Å². The Labute approximate surface area is 166 Å². The average molecular weight is 373 g/mol. The molecule has 1 heterocycles. The molecule has 0 bridgehead atoms. The fourth-order valence-electron chi connectivity index (χ4n) is 4.82. The van der Waals surface area contributed by atoms with Crippen LogP contribution < -0.4 is 0 Å². The van der Waals surface area contributed by atoms with Gasteiger partial charge in [-0.25, -0.2) is 0 Å². The third-order valence-corrected chi connectivity index (χ3v) is 6.10. The van der Waals surface area contributed by atoms with Crippen molar-refractivity contribution < 1.29 is 9.90 Å². The van der Waals surface area contributed by atoms with Crippen LogP contribution in [0.2, 0.25) is 0 Å². The van der Waals surface area contributed by atoms with Gasteiger partial charge in [-0.05, 0) is 79.0 Å². The van der Waals surface area contributed by atoms with Crippen LogP contribution in [0, 0.1) is 13.8 Å². The van der Waals surface area contributed by atoms with Crippen molar-refractivity contribution in [3.8, 4) is 11.1 Å². The van der Waals surface area contributed by atoms with E-state index in [4.69, 9.17) is 4.98 Å². The molecule has 0 saturated carbocycles. The molecule has 1 unspecified atom stereocenters. The summed E-state index contributed by atoms with van der Waals surface area (Å²) in [6.45, 7) is 6.12. The zero-order valence-electron chi connectivity index (χ0n) is 16.9. The highest BCUT2D eigenvalue weighted by Gasteiger charge is 2.29. The minimum Gasteiger partial charge on any atom is -0.481 e. The van der Waals surface area contributed by atoms with Gasteiger partial charge in [-0.1, -0.05) is 43.7 Å². The van der Waals surface area contributed by atoms with Crippen molar-refractivity contribution in [2.75, 3.05) is 0 Å². The van der Waals surface area contributed by atoms with Crippen LogP contribution >= 0.6 is 0 Å². The van der Waals surface area contributed by atoms with Gasteiger partial charge in [0.05, 0.1) is 11.4 Å². The number of benzene rings is 2. The molecule has 2 aromatic carbocycles. The maximum absolute atomic E-state index is 12.3. The molecule has 3 aromatic rings. The summed E-state index contributed by atoms with van der Waals surface area (Å²) >= 11 is 0. The molecule has 4 rings (SSSR count). The molecular formula is C25H27NO2. The number of aryl methyl sites for hydroxylation is 4. The first-order valence-electron chi connectivity index (χ1n) is 10.3. The van der Waals surface area contributed by atoms with Gasteiger partial charge in [0.2, 0.25) is 0 Å². The predicted molar refractivity (Wildman–Crippen MR) is 114 cm³/mol. The molecule has 1 N–H and O–H groups in total. The molecule has 0 radical (unpaired) electrons. The quantitative estimate of drug-likeness (QED) is 0.599. The van der Waals surface area contributed by atoms with Crippen LogP contribution in [0.5, 0.6) is 0 Å². The second kappa shape index (κ2) is 7.38. The lowest BCUT2D eigenvalue weighted by Gasteiger charge is -2.23. The molecule has 0 amide bonds. The van der Waals surface area contributed by atoms with E-state index in [0.29, 0.717) is 6.42 Å². The Kier molecular flexibility index (Phi) is 4.92. The number of hydrogen-bond acceptors (Lipinski definition) is 2. The number of aromatic nitrogens is 1. The number of rotatable bonds is 5. The number of carboxylic acids is 1. The van der Waals surface area contributed by atoms with Crippen LogP contribution in [0.15, 0.2) is 36.4 Å². The first-order chi connectivity index (χ1) is 13.5. The lowest BCUT2D eigenvalue weighted by atomic mass is 9.82. The van der Waals surface area contributed by atoms with Gasteiger partial charge in [-0.3, -0.25) is 9.78 Å². The summed E-state index contributed by atoms with van der Waals surface area (Å²) in [5, 5.41) is 11.2. The molecule has 0 fully saturated rings. The highest BCUT2D eigenvalue weighted by Crippen LogP contribution is 2.43. The maximum Gasteiger partial charge on any atom is 0.311 e. The summed E-state index contributed by atoms with van der Waals surface area (Å²) in [5.74, 6) is -1.29. The second-order valence-electron chi connectivity index (χ2n) is 7.93. The Hall–Kier alpha value is -2.68. The zero-order chi connectivity index (χ0) is 19.8. The van der Waals surface area contributed by atoms with Crippen LogP contribution in [0.1, 0.15) is 60.1 Å². The Bertz CT molecular complexity index is 1070. The number of nitrogens with zero attached hydrogens (tertiary/aromatic N) is 1. The molecule has 3 heteroatoms. The minimum absolute atomic E-state index is 0.534. The van der Waals surface area contributed by atoms with Crippen molar-refractivity contribution >= 4 is 16.9 Å². The monoisotopic (exact) mass is 373 g/mol. The summed E-state index contributed by atoms with van der Waals surface area (Å²) in [6.07, 6.45) is 4.74. The molecule has 0 saturated heterocycles. The third-order valence-electron chi connectivity index (χ3n) is 6.10. The van der Waals surface area contributed by atoms with Crippen molar-refractivity contribution in [3.63, 3.8) is 0 Å². The summed E-state index contributed by atoms with van der Waals surface area (Å²) in [6, 6.07) is 12.7. The highest BCUT2D eigenvalue weighted by molar-refractivity contribution is 6.02. The lowest BCUT2D eigenvalue weighted by Crippen LogP contribution is -2.16. The first kappa shape index (κ1) is 18.7. The van der Waals surface area contributed by atoms with Crippen LogP contribution in [-0.2, 0) is 17.6 Å². The number of carbonyl (C=O) groups is 1. The van der Waals surface area contributed by atoms with Gasteiger partial charge in [0.25, 0.3) is 0 Å². The fraction of sp³-hybridized carbons (Fsp3) is 0.360. The number of carboxylic acid groups (broad SMARTS) is 1. The first-order valence-corrected chi connectivity index (χ1v) is 10.3. The van der Waals surface area contributed by atoms with Gasteiger partial charge < -0.3 is 5.11 Å². The SMILES string of the molecule is CCCC(C(=O)O)c1c(C)nc2ccc3c(c2c1-c1ccccc1C)CCC3. The van der Waals surface area contributed by atoms with Crippen LogP contribution in [-0.4, -0.2) is 16.1 Å². The smallest absolute Gasteiger partial charge is 0.311 e. The molecular weight excluding hydrogens is 346 g/mol. The van der Waals surface area contributed by atoms with E-state index in [-0.39, 0.29) is 0 Å². The van der Waals surface area contributed by atoms with Gasteiger partial charge >= 0.3 is 5.97 Å². The summed E-state index contributed by atoms with van der Waals surface area (Å²) in [4.78, 5) is 17.1. The summed E-state index contributed by atoms with van der Waals surface area (Å²) < 4.78 is 0. The molecule has 144 valence electrons. The topological polar surface area (TPSA) is 50.2 Å². The standard InChI is InChI=1S/C25H27NO2/c1-4-8-20(25(27)28)22-16(3)26-21-14-13-17-10-7-12-19(17)23(21)24(22)18-11-6-5-9-15(18)2/h5-6,9,11,13-14,20H,4,7-8,10,12H2,1-3H3,(H,27,28). The van der Waals surface area contributed by atoms with Crippen molar-refractivity contribution in [3.05, 3.63) is 64.3 Å². The molecule has 1 aliphatic rings. The molecule has 1 aliphatic carbocycles. The van der Waals surface area contributed by atoms with Crippen LogP contribution in [0.3, 0.4) is 0 Å². The highest BCUT2D eigenvalue weighted by atomic mass is 16.4. The van der Waals surface area contributed by atoms with Gasteiger partial charge in [-0.2, -0.15) is 0 Å². The molecule has 0 spiro atoms. The van der Waals surface area contributed by atoms with E-state index in [1.54, 1.807) is 0 Å². The van der Waals surface area contributed by atoms with E-state index in [1.165, 1.54) is 22.1 Å². The average Bonchev–Trinajstić information content (AvgIpc) is 3.15. The summed E-state index contributed by atoms with van der Waals surface area (Å²) in [5.41, 5.74) is 8.89. The zero-order valence-corrected chi connectivity index (χ0v) is 16.9.